The van der Waals surface area contributed by atoms with Crippen LogP contribution in [0.3, 0.4) is 0 Å². The van der Waals surface area contributed by atoms with E-state index in [0.29, 0.717) is 12.3 Å². The number of carbonyl (C=O) groups is 2. The summed E-state index contributed by atoms with van der Waals surface area (Å²) in [4.78, 5) is 22.8. The van der Waals surface area contributed by atoms with Gasteiger partial charge in [0.05, 0.1) is 0 Å². The van der Waals surface area contributed by atoms with Crippen LogP contribution in [0, 0.1) is 11.8 Å². The van der Waals surface area contributed by atoms with Gasteiger partial charge >= 0.3 is 0 Å². The van der Waals surface area contributed by atoms with Gasteiger partial charge in [-0.3, -0.25) is 9.59 Å². The van der Waals surface area contributed by atoms with Crippen LogP contribution in [0.15, 0.2) is 0 Å². The molecule has 92 valence electrons. The maximum atomic E-state index is 11.7. The molecule has 2 amide bonds. The lowest BCUT2D eigenvalue weighted by Gasteiger charge is -2.19. The van der Waals surface area contributed by atoms with Gasteiger partial charge in [-0.2, -0.15) is 0 Å². The standard InChI is InChI=1S/C12H22N2O2/c1-8(2)11(12(13)16)14-10(15)7-9-5-3-4-6-9/h8-9,11H,3-7H2,1-2H3,(H2,13,16)(H,14,15)/t11-/m0/s1. The first-order valence-corrected chi connectivity index (χ1v) is 6.09. The molecule has 1 saturated carbocycles. The van der Waals surface area contributed by atoms with E-state index in [1.54, 1.807) is 0 Å². The van der Waals surface area contributed by atoms with Gasteiger partial charge in [0.1, 0.15) is 6.04 Å². The highest BCUT2D eigenvalue weighted by Gasteiger charge is 2.24. The molecule has 0 radical (unpaired) electrons. The highest BCUT2D eigenvalue weighted by atomic mass is 16.2. The van der Waals surface area contributed by atoms with Crippen LogP contribution < -0.4 is 11.1 Å². The fraction of sp³-hybridized carbons (Fsp3) is 0.833. The summed E-state index contributed by atoms with van der Waals surface area (Å²) in [6.45, 7) is 3.76. The number of primary amides is 1. The molecule has 0 heterocycles. The molecule has 16 heavy (non-hydrogen) atoms. The molecule has 0 spiro atoms. The third-order valence-corrected chi connectivity index (χ3v) is 3.24. The molecular formula is C12H22N2O2. The summed E-state index contributed by atoms with van der Waals surface area (Å²) in [6.07, 6.45) is 5.26. The molecule has 3 N–H and O–H groups in total. The van der Waals surface area contributed by atoms with E-state index in [-0.39, 0.29) is 11.8 Å². The van der Waals surface area contributed by atoms with Gasteiger partial charge in [-0.1, -0.05) is 26.7 Å². The molecule has 0 aromatic heterocycles. The highest BCUT2D eigenvalue weighted by molar-refractivity contribution is 5.86. The number of hydrogen-bond donors (Lipinski definition) is 2. The predicted molar refractivity (Wildman–Crippen MR) is 62.5 cm³/mol. The second kappa shape index (κ2) is 5.87. The van der Waals surface area contributed by atoms with E-state index in [1.165, 1.54) is 12.8 Å². The Labute approximate surface area is 97.0 Å². The van der Waals surface area contributed by atoms with Crippen LogP contribution in [0.1, 0.15) is 46.0 Å². The van der Waals surface area contributed by atoms with Crippen molar-refractivity contribution in [3.63, 3.8) is 0 Å². The van der Waals surface area contributed by atoms with Gasteiger partial charge < -0.3 is 11.1 Å². The molecule has 1 atom stereocenters. The Kier molecular flexibility index (Phi) is 4.77. The average molecular weight is 226 g/mol. The summed E-state index contributed by atoms with van der Waals surface area (Å²) in [6, 6.07) is -0.533. The topological polar surface area (TPSA) is 72.2 Å². The SMILES string of the molecule is CC(C)[C@H](NC(=O)CC1CCCC1)C(N)=O. The first-order valence-electron chi connectivity index (χ1n) is 6.09. The van der Waals surface area contributed by atoms with Crippen LogP contribution in [0.25, 0.3) is 0 Å². The summed E-state index contributed by atoms with van der Waals surface area (Å²) in [5.74, 6) is 0.0601. The first-order chi connectivity index (χ1) is 7.50. The zero-order chi connectivity index (χ0) is 12.1. The smallest absolute Gasteiger partial charge is 0.240 e. The first kappa shape index (κ1) is 13.0. The molecule has 0 unspecified atom stereocenters. The quantitative estimate of drug-likeness (QED) is 0.739. The number of hydrogen-bond acceptors (Lipinski definition) is 2. The van der Waals surface area contributed by atoms with Crippen molar-refractivity contribution in [2.45, 2.75) is 52.0 Å². The predicted octanol–water partition coefficient (Wildman–Crippen LogP) is 1.19. The van der Waals surface area contributed by atoms with Gasteiger partial charge in [-0.05, 0) is 24.7 Å². The van der Waals surface area contributed by atoms with Crippen LogP contribution in [0.5, 0.6) is 0 Å². The molecule has 0 aliphatic heterocycles. The number of amides is 2. The molecule has 1 aliphatic rings. The van der Waals surface area contributed by atoms with Gasteiger partial charge in [-0.25, -0.2) is 0 Å². The Bertz CT molecular complexity index is 258. The zero-order valence-electron chi connectivity index (χ0n) is 10.2. The third-order valence-electron chi connectivity index (χ3n) is 3.24. The van der Waals surface area contributed by atoms with E-state index < -0.39 is 11.9 Å². The van der Waals surface area contributed by atoms with Gasteiger partial charge in [0.2, 0.25) is 11.8 Å². The van der Waals surface area contributed by atoms with E-state index in [0.717, 1.165) is 12.8 Å². The van der Waals surface area contributed by atoms with E-state index in [9.17, 15) is 9.59 Å². The molecular weight excluding hydrogens is 204 g/mol. The van der Waals surface area contributed by atoms with E-state index >= 15 is 0 Å². The molecule has 0 aromatic rings. The lowest BCUT2D eigenvalue weighted by atomic mass is 10.0. The fourth-order valence-corrected chi connectivity index (χ4v) is 2.28. The molecule has 4 nitrogen and oxygen atoms in total. The molecule has 4 heteroatoms. The van der Waals surface area contributed by atoms with Gasteiger partial charge in [-0.15, -0.1) is 0 Å². The minimum absolute atomic E-state index is 0.0376. The Morgan fingerprint density at radius 1 is 1.31 bits per heavy atom. The summed E-state index contributed by atoms with van der Waals surface area (Å²) < 4.78 is 0. The summed E-state index contributed by atoms with van der Waals surface area (Å²) >= 11 is 0. The normalized spacial score (nSPS) is 18.7. The zero-order valence-corrected chi connectivity index (χ0v) is 10.2. The second-order valence-electron chi connectivity index (χ2n) is 5.05. The Morgan fingerprint density at radius 3 is 2.31 bits per heavy atom. The fourth-order valence-electron chi connectivity index (χ4n) is 2.28. The van der Waals surface area contributed by atoms with E-state index in [2.05, 4.69) is 5.32 Å². The molecule has 0 bridgehead atoms. The van der Waals surface area contributed by atoms with Crippen LogP contribution in [-0.2, 0) is 9.59 Å². The molecule has 0 saturated heterocycles. The number of rotatable bonds is 5. The van der Waals surface area contributed by atoms with Crippen molar-refractivity contribution in [3.05, 3.63) is 0 Å². The Balaban J connectivity index is 2.38. The lowest BCUT2D eigenvalue weighted by Crippen LogP contribution is -2.47. The van der Waals surface area contributed by atoms with Crippen molar-refractivity contribution in [1.29, 1.82) is 0 Å². The van der Waals surface area contributed by atoms with Crippen molar-refractivity contribution in [2.75, 3.05) is 0 Å². The van der Waals surface area contributed by atoms with Crippen molar-refractivity contribution in [3.8, 4) is 0 Å². The van der Waals surface area contributed by atoms with E-state index in [1.807, 2.05) is 13.8 Å². The number of nitrogens with two attached hydrogens (primary N) is 1. The second-order valence-corrected chi connectivity index (χ2v) is 5.05. The van der Waals surface area contributed by atoms with Crippen LogP contribution >= 0.6 is 0 Å². The van der Waals surface area contributed by atoms with Crippen molar-refractivity contribution in [1.82, 2.24) is 5.32 Å². The Hall–Kier alpha value is -1.06. The van der Waals surface area contributed by atoms with Crippen molar-refractivity contribution < 1.29 is 9.59 Å². The monoisotopic (exact) mass is 226 g/mol. The van der Waals surface area contributed by atoms with Crippen LogP contribution in [0.2, 0.25) is 0 Å². The molecule has 0 aromatic carbocycles. The minimum Gasteiger partial charge on any atom is -0.368 e. The van der Waals surface area contributed by atoms with Crippen molar-refractivity contribution >= 4 is 11.8 Å². The van der Waals surface area contributed by atoms with Gasteiger partial charge in [0, 0.05) is 6.42 Å². The van der Waals surface area contributed by atoms with E-state index in [4.69, 9.17) is 5.73 Å². The van der Waals surface area contributed by atoms with Gasteiger partial charge in [0.15, 0.2) is 0 Å². The minimum atomic E-state index is -0.533. The van der Waals surface area contributed by atoms with Crippen LogP contribution in [-0.4, -0.2) is 17.9 Å². The Morgan fingerprint density at radius 2 is 1.88 bits per heavy atom. The summed E-state index contributed by atoms with van der Waals surface area (Å²) in [7, 11) is 0. The summed E-state index contributed by atoms with van der Waals surface area (Å²) in [5.41, 5.74) is 5.24. The largest absolute Gasteiger partial charge is 0.368 e. The lowest BCUT2D eigenvalue weighted by molar-refractivity contribution is -0.128. The molecule has 1 aliphatic carbocycles. The number of carbonyl (C=O) groups excluding carboxylic acids is 2. The molecule has 1 fully saturated rings. The van der Waals surface area contributed by atoms with Crippen molar-refractivity contribution in [2.24, 2.45) is 17.6 Å². The maximum absolute atomic E-state index is 11.7. The third kappa shape index (κ3) is 3.83. The van der Waals surface area contributed by atoms with Crippen LogP contribution in [0.4, 0.5) is 0 Å². The average Bonchev–Trinajstić information content (AvgIpc) is 2.65. The maximum Gasteiger partial charge on any atom is 0.240 e. The molecule has 1 rings (SSSR count). The highest BCUT2D eigenvalue weighted by Crippen LogP contribution is 2.27. The summed E-state index contributed by atoms with van der Waals surface area (Å²) in [5, 5.41) is 2.73. The number of nitrogens with one attached hydrogen (secondary N) is 1. The van der Waals surface area contributed by atoms with Gasteiger partial charge in [0.25, 0.3) is 0 Å².